The van der Waals surface area contributed by atoms with Crippen LogP contribution in [0.15, 0.2) is 12.1 Å². The number of fused-ring (bicyclic) bond motifs is 1. The minimum absolute atomic E-state index is 0.203. The maximum atomic E-state index is 8.75. The third-order valence-electron chi connectivity index (χ3n) is 3.29. The van der Waals surface area contributed by atoms with Crippen molar-refractivity contribution in [2.24, 2.45) is 0 Å². The molecule has 1 atom stereocenters. The van der Waals surface area contributed by atoms with Gasteiger partial charge in [0.2, 0.25) is 0 Å². The Kier molecular flexibility index (Phi) is 5.51. The maximum absolute atomic E-state index is 8.75. The Labute approximate surface area is 124 Å². The summed E-state index contributed by atoms with van der Waals surface area (Å²) < 4.78 is 11.3. The number of hydrogen-bond donors (Lipinski definition) is 1. The monoisotopic (exact) mass is 294 g/mol. The van der Waals surface area contributed by atoms with Crippen LogP contribution >= 0.6 is 11.6 Å². The lowest BCUT2D eigenvalue weighted by Gasteiger charge is -2.15. The molecule has 1 N–H and O–H groups in total. The molecule has 1 aliphatic heterocycles. The molecule has 0 bridgehead atoms. The van der Waals surface area contributed by atoms with E-state index in [1.54, 1.807) is 0 Å². The summed E-state index contributed by atoms with van der Waals surface area (Å²) in [4.78, 5) is 0. The summed E-state index contributed by atoms with van der Waals surface area (Å²) in [7, 11) is 0. The van der Waals surface area contributed by atoms with E-state index in [1.807, 2.05) is 12.1 Å². The SMILES string of the molecule is CCC(CC#N)NCc1cc(Cl)c2c(c1)OCCCO2. The lowest BCUT2D eigenvalue weighted by atomic mass is 10.1. The summed E-state index contributed by atoms with van der Waals surface area (Å²) in [5.74, 6) is 1.34. The second-order valence-electron chi connectivity index (χ2n) is 4.80. The fourth-order valence-corrected chi connectivity index (χ4v) is 2.41. The summed E-state index contributed by atoms with van der Waals surface area (Å²) >= 11 is 6.25. The molecule has 0 spiro atoms. The molecule has 0 saturated carbocycles. The molecule has 1 aliphatic rings. The van der Waals surface area contributed by atoms with Gasteiger partial charge in [0.1, 0.15) is 0 Å². The standard InChI is InChI=1S/C15H19ClN2O2/c1-2-12(4-5-17)18-10-11-8-13(16)15-14(9-11)19-6-3-7-20-15/h8-9,12,18H,2-4,6-7,10H2,1H3. The van der Waals surface area contributed by atoms with Crippen molar-refractivity contribution in [1.29, 1.82) is 5.26 Å². The first-order valence-corrected chi connectivity index (χ1v) is 7.30. The second-order valence-corrected chi connectivity index (χ2v) is 5.21. The van der Waals surface area contributed by atoms with E-state index in [4.69, 9.17) is 26.3 Å². The normalized spacial score (nSPS) is 15.2. The van der Waals surface area contributed by atoms with Crippen molar-refractivity contribution >= 4 is 11.6 Å². The Bertz CT molecular complexity index is 499. The van der Waals surface area contributed by atoms with Crippen LogP contribution in [0, 0.1) is 11.3 Å². The zero-order valence-corrected chi connectivity index (χ0v) is 12.4. The molecule has 20 heavy (non-hydrogen) atoms. The predicted octanol–water partition coefficient (Wildman–Crippen LogP) is 3.28. The lowest BCUT2D eigenvalue weighted by Crippen LogP contribution is -2.27. The molecule has 0 aliphatic carbocycles. The molecular weight excluding hydrogens is 276 g/mol. The van der Waals surface area contributed by atoms with Crippen molar-refractivity contribution in [3.8, 4) is 17.6 Å². The summed E-state index contributed by atoms with van der Waals surface area (Å²) in [6.07, 6.45) is 2.29. The van der Waals surface area contributed by atoms with Crippen LogP contribution < -0.4 is 14.8 Å². The average molecular weight is 295 g/mol. The van der Waals surface area contributed by atoms with Crippen LogP contribution in [0.2, 0.25) is 5.02 Å². The molecule has 0 radical (unpaired) electrons. The molecule has 5 heteroatoms. The molecule has 2 rings (SSSR count). The van der Waals surface area contributed by atoms with Gasteiger partial charge in [-0.25, -0.2) is 0 Å². The van der Waals surface area contributed by atoms with Gasteiger partial charge in [0.25, 0.3) is 0 Å². The van der Waals surface area contributed by atoms with Gasteiger partial charge in [-0.3, -0.25) is 0 Å². The van der Waals surface area contributed by atoms with Crippen molar-refractivity contribution < 1.29 is 9.47 Å². The van der Waals surface area contributed by atoms with Gasteiger partial charge < -0.3 is 14.8 Å². The smallest absolute Gasteiger partial charge is 0.179 e. The first-order valence-electron chi connectivity index (χ1n) is 6.93. The second kappa shape index (κ2) is 7.37. The van der Waals surface area contributed by atoms with Crippen molar-refractivity contribution in [2.75, 3.05) is 13.2 Å². The Morgan fingerprint density at radius 3 is 2.95 bits per heavy atom. The summed E-state index contributed by atoms with van der Waals surface area (Å²) in [6.45, 7) is 4.00. The van der Waals surface area contributed by atoms with Gasteiger partial charge in [-0.1, -0.05) is 18.5 Å². The first kappa shape index (κ1) is 15.0. The topological polar surface area (TPSA) is 54.3 Å². The third-order valence-corrected chi connectivity index (χ3v) is 3.57. The van der Waals surface area contributed by atoms with Crippen LogP contribution in [-0.4, -0.2) is 19.3 Å². The van der Waals surface area contributed by atoms with E-state index in [0.29, 0.717) is 42.7 Å². The van der Waals surface area contributed by atoms with Crippen LogP contribution in [-0.2, 0) is 6.54 Å². The third kappa shape index (κ3) is 3.78. The Morgan fingerprint density at radius 1 is 1.40 bits per heavy atom. The number of halogens is 1. The minimum atomic E-state index is 0.203. The molecule has 0 amide bonds. The van der Waals surface area contributed by atoms with Gasteiger partial charge >= 0.3 is 0 Å². The predicted molar refractivity (Wildman–Crippen MR) is 78.2 cm³/mol. The van der Waals surface area contributed by atoms with Crippen LogP contribution in [0.1, 0.15) is 31.7 Å². The van der Waals surface area contributed by atoms with E-state index in [0.717, 1.165) is 18.4 Å². The average Bonchev–Trinajstić information content (AvgIpc) is 2.69. The van der Waals surface area contributed by atoms with Gasteiger partial charge in [0.05, 0.1) is 30.7 Å². The fraction of sp³-hybridized carbons (Fsp3) is 0.533. The van der Waals surface area contributed by atoms with Crippen molar-refractivity contribution in [1.82, 2.24) is 5.32 Å². The highest BCUT2D eigenvalue weighted by atomic mass is 35.5. The van der Waals surface area contributed by atoms with E-state index in [2.05, 4.69) is 18.3 Å². The molecular formula is C15H19ClN2O2. The fourth-order valence-electron chi connectivity index (χ4n) is 2.12. The van der Waals surface area contributed by atoms with Gasteiger partial charge in [-0.05, 0) is 24.1 Å². The molecule has 108 valence electrons. The molecule has 0 fully saturated rings. The minimum Gasteiger partial charge on any atom is -0.489 e. The highest BCUT2D eigenvalue weighted by molar-refractivity contribution is 6.32. The largest absolute Gasteiger partial charge is 0.489 e. The lowest BCUT2D eigenvalue weighted by molar-refractivity contribution is 0.297. The Hall–Kier alpha value is -1.44. The number of ether oxygens (including phenoxy) is 2. The van der Waals surface area contributed by atoms with E-state index >= 15 is 0 Å². The number of nitrogens with one attached hydrogen (secondary N) is 1. The Balaban J connectivity index is 2.08. The summed E-state index contributed by atoms with van der Waals surface area (Å²) in [6, 6.07) is 6.24. The summed E-state index contributed by atoms with van der Waals surface area (Å²) in [5, 5.41) is 12.7. The molecule has 1 aromatic carbocycles. The number of nitriles is 1. The number of nitrogens with zero attached hydrogens (tertiary/aromatic N) is 1. The molecule has 4 nitrogen and oxygen atoms in total. The van der Waals surface area contributed by atoms with E-state index in [-0.39, 0.29) is 6.04 Å². The number of benzene rings is 1. The Morgan fingerprint density at radius 2 is 2.20 bits per heavy atom. The van der Waals surface area contributed by atoms with Crippen molar-refractivity contribution in [3.63, 3.8) is 0 Å². The van der Waals surface area contributed by atoms with Crippen LogP contribution in [0.4, 0.5) is 0 Å². The zero-order valence-electron chi connectivity index (χ0n) is 11.6. The summed E-state index contributed by atoms with van der Waals surface area (Å²) in [5.41, 5.74) is 1.04. The molecule has 0 saturated heterocycles. The van der Waals surface area contributed by atoms with E-state index in [9.17, 15) is 0 Å². The highest BCUT2D eigenvalue weighted by Gasteiger charge is 2.16. The molecule has 0 aromatic heterocycles. The van der Waals surface area contributed by atoms with Gasteiger partial charge in [0, 0.05) is 19.0 Å². The zero-order chi connectivity index (χ0) is 14.4. The van der Waals surface area contributed by atoms with Gasteiger partial charge in [-0.2, -0.15) is 5.26 Å². The number of rotatable bonds is 5. The van der Waals surface area contributed by atoms with E-state index in [1.165, 1.54) is 0 Å². The molecule has 1 aromatic rings. The van der Waals surface area contributed by atoms with Crippen LogP contribution in [0.5, 0.6) is 11.5 Å². The van der Waals surface area contributed by atoms with E-state index < -0.39 is 0 Å². The highest BCUT2D eigenvalue weighted by Crippen LogP contribution is 2.37. The molecule has 1 unspecified atom stereocenters. The molecule has 1 heterocycles. The van der Waals surface area contributed by atoms with Crippen molar-refractivity contribution in [3.05, 3.63) is 22.7 Å². The van der Waals surface area contributed by atoms with Gasteiger partial charge in [0.15, 0.2) is 11.5 Å². The van der Waals surface area contributed by atoms with Crippen molar-refractivity contribution in [2.45, 2.75) is 38.8 Å². The first-order chi connectivity index (χ1) is 9.74. The number of hydrogen-bond acceptors (Lipinski definition) is 4. The van der Waals surface area contributed by atoms with Crippen LogP contribution in [0.25, 0.3) is 0 Å². The van der Waals surface area contributed by atoms with Gasteiger partial charge in [-0.15, -0.1) is 0 Å². The van der Waals surface area contributed by atoms with Crippen LogP contribution in [0.3, 0.4) is 0 Å². The maximum Gasteiger partial charge on any atom is 0.179 e. The quantitative estimate of drug-likeness (QED) is 0.905.